The zero-order valence-electron chi connectivity index (χ0n) is 18.2. The Morgan fingerprint density at radius 2 is 1.82 bits per heavy atom. The van der Waals surface area contributed by atoms with E-state index in [-0.39, 0.29) is 29.6 Å². The molecule has 33 heavy (non-hydrogen) atoms. The summed E-state index contributed by atoms with van der Waals surface area (Å²) in [7, 11) is 0. The number of urea groups is 1. The molecule has 2 fully saturated rings. The molecule has 0 unspecified atom stereocenters. The second kappa shape index (κ2) is 9.05. The lowest BCUT2D eigenvalue weighted by Gasteiger charge is -2.33. The number of aromatic amines is 1. The van der Waals surface area contributed by atoms with E-state index in [4.69, 9.17) is 0 Å². The van der Waals surface area contributed by atoms with Gasteiger partial charge in [0.25, 0.3) is 0 Å². The third kappa shape index (κ3) is 4.33. The molecule has 0 aromatic carbocycles. The van der Waals surface area contributed by atoms with Gasteiger partial charge in [0.15, 0.2) is 5.65 Å². The quantitative estimate of drug-likeness (QED) is 0.559. The Kier molecular flexibility index (Phi) is 5.80. The maximum absolute atomic E-state index is 12.9. The van der Waals surface area contributed by atoms with E-state index in [1.807, 2.05) is 24.3 Å². The van der Waals surface area contributed by atoms with Gasteiger partial charge < -0.3 is 15.5 Å². The van der Waals surface area contributed by atoms with Crippen molar-refractivity contribution in [1.82, 2.24) is 35.1 Å². The molecule has 172 valence electrons. The van der Waals surface area contributed by atoms with Gasteiger partial charge in [-0.15, -0.1) is 0 Å². The van der Waals surface area contributed by atoms with Crippen molar-refractivity contribution in [3.8, 4) is 0 Å². The van der Waals surface area contributed by atoms with Crippen molar-refractivity contribution in [3.63, 3.8) is 0 Å². The topological polar surface area (TPSA) is 125 Å². The Labute approximate surface area is 190 Å². The van der Waals surface area contributed by atoms with Crippen molar-refractivity contribution in [2.45, 2.75) is 43.7 Å². The van der Waals surface area contributed by atoms with E-state index in [0.717, 1.165) is 17.5 Å². The number of pyridine rings is 2. The van der Waals surface area contributed by atoms with Gasteiger partial charge in [0.2, 0.25) is 5.91 Å². The summed E-state index contributed by atoms with van der Waals surface area (Å²) in [4.78, 5) is 50.7. The SMILES string of the molecule is O=C1NC[C@H](c2ccncc2)CC[C@H]1NC(=O)N1CCC(n2c(=O)[nH]c3ncccc32)CC1. The van der Waals surface area contributed by atoms with Crippen molar-refractivity contribution in [3.05, 3.63) is 58.9 Å². The van der Waals surface area contributed by atoms with Gasteiger partial charge in [-0.1, -0.05) is 0 Å². The highest BCUT2D eigenvalue weighted by Crippen LogP contribution is 2.25. The lowest BCUT2D eigenvalue weighted by Crippen LogP contribution is -2.52. The summed E-state index contributed by atoms with van der Waals surface area (Å²) >= 11 is 0. The number of H-pyrrole nitrogens is 1. The molecule has 0 aliphatic carbocycles. The molecule has 3 amide bonds. The number of aromatic nitrogens is 4. The van der Waals surface area contributed by atoms with Gasteiger partial charge in [0, 0.05) is 50.2 Å². The van der Waals surface area contributed by atoms with Crippen molar-refractivity contribution < 1.29 is 9.59 Å². The number of imidazole rings is 1. The highest BCUT2D eigenvalue weighted by atomic mass is 16.2. The minimum Gasteiger partial charge on any atom is -0.354 e. The molecule has 0 radical (unpaired) electrons. The van der Waals surface area contributed by atoms with Crippen molar-refractivity contribution >= 4 is 23.1 Å². The molecule has 3 aromatic rings. The summed E-state index contributed by atoms with van der Waals surface area (Å²) in [5.74, 6) is 0.0613. The Balaban J connectivity index is 1.19. The molecule has 2 aliphatic rings. The third-order valence-electron chi connectivity index (χ3n) is 6.73. The summed E-state index contributed by atoms with van der Waals surface area (Å²) < 4.78 is 1.75. The lowest BCUT2D eigenvalue weighted by molar-refractivity contribution is -0.122. The van der Waals surface area contributed by atoms with Gasteiger partial charge in [0.05, 0.1) is 5.52 Å². The Bertz CT molecular complexity index is 1200. The summed E-state index contributed by atoms with van der Waals surface area (Å²) in [6.07, 6.45) is 7.87. The molecule has 10 heteroatoms. The Morgan fingerprint density at radius 3 is 2.61 bits per heavy atom. The van der Waals surface area contributed by atoms with Crippen LogP contribution in [0.3, 0.4) is 0 Å². The van der Waals surface area contributed by atoms with Crippen LogP contribution in [0.2, 0.25) is 0 Å². The van der Waals surface area contributed by atoms with Crippen LogP contribution < -0.4 is 16.3 Å². The van der Waals surface area contributed by atoms with Crippen LogP contribution in [0.15, 0.2) is 47.7 Å². The second-order valence-electron chi connectivity index (χ2n) is 8.69. The first kappa shape index (κ1) is 21.2. The molecule has 3 N–H and O–H groups in total. The number of carbonyl (C=O) groups is 2. The summed E-state index contributed by atoms with van der Waals surface area (Å²) in [5, 5.41) is 5.88. The maximum atomic E-state index is 12.9. The molecule has 5 heterocycles. The van der Waals surface area contributed by atoms with Crippen LogP contribution in [0.25, 0.3) is 11.2 Å². The highest BCUT2D eigenvalue weighted by molar-refractivity contribution is 5.87. The largest absolute Gasteiger partial charge is 0.354 e. The average Bonchev–Trinajstić information content (AvgIpc) is 3.08. The molecular formula is C23H27N7O3. The van der Waals surface area contributed by atoms with Crippen molar-refractivity contribution in [2.75, 3.05) is 19.6 Å². The summed E-state index contributed by atoms with van der Waals surface area (Å²) in [5.41, 5.74) is 2.32. The second-order valence-corrected chi connectivity index (χ2v) is 8.69. The molecule has 0 saturated carbocycles. The number of hydrogen-bond acceptors (Lipinski definition) is 5. The number of rotatable bonds is 3. The van der Waals surface area contributed by atoms with Crippen LogP contribution in [0.5, 0.6) is 0 Å². The number of likely N-dealkylation sites (tertiary alicyclic amines) is 1. The fourth-order valence-electron chi connectivity index (χ4n) is 4.89. The van der Waals surface area contributed by atoms with Crippen LogP contribution >= 0.6 is 0 Å². The third-order valence-corrected chi connectivity index (χ3v) is 6.73. The van der Waals surface area contributed by atoms with E-state index in [0.29, 0.717) is 44.5 Å². The normalized spacial score (nSPS) is 22.1. The van der Waals surface area contributed by atoms with Gasteiger partial charge >= 0.3 is 11.7 Å². The van der Waals surface area contributed by atoms with E-state index in [1.165, 1.54) is 0 Å². The fraction of sp³-hybridized carbons (Fsp3) is 0.435. The van der Waals surface area contributed by atoms with Gasteiger partial charge in [0.1, 0.15) is 6.04 Å². The van der Waals surface area contributed by atoms with Crippen molar-refractivity contribution in [2.24, 2.45) is 0 Å². The number of amides is 3. The van der Waals surface area contributed by atoms with Gasteiger partial charge in [-0.3, -0.25) is 19.3 Å². The van der Waals surface area contributed by atoms with Crippen molar-refractivity contribution in [1.29, 1.82) is 0 Å². The van der Waals surface area contributed by atoms with E-state index in [9.17, 15) is 14.4 Å². The monoisotopic (exact) mass is 449 g/mol. The van der Waals surface area contributed by atoms with Gasteiger partial charge in [-0.05, 0) is 55.5 Å². The fourth-order valence-corrected chi connectivity index (χ4v) is 4.89. The first-order chi connectivity index (χ1) is 16.1. The van der Waals surface area contributed by atoms with Crippen LogP contribution in [-0.4, -0.2) is 62.0 Å². The molecule has 0 bridgehead atoms. The molecule has 2 saturated heterocycles. The number of hydrogen-bond donors (Lipinski definition) is 3. The van der Waals surface area contributed by atoms with Crippen LogP contribution in [-0.2, 0) is 4.79 Å². The lowest BCUT2D eigenvalue weighted by atomic mass is 9.94. The predicted molar refractivity (Wildman–Crippen MR) is 122 cm³/mol. The smallest absolute Gasteiger partial charge is 0.327 e. The summed E-state index contributed by atoms with van der Waals surface area (Å²) in [6, 6.07) is 6.84. The number of fused-ring (bicyclic) bond motifs is 1. The first-order valence-electron chi connectivity index (χ1n) is 11.4. The Hall–Kier alpha value is -3.69. The van der Waals surface area contributed by atoms with Crippen LogP contribution in [0.1, 0.15) is 43.2 Å². The zero-order chi connectivity index (χ0) is 22.8. The van der Waals surface area contributed by atoms with Gasteiger partial charge in [-0.2, -0.15) is 0 Å². The first-order valence-corrected chi connectivity index (χ1v) is 11.4. The Morgan fingerprint density at radius 1 is 1.03 bits per heavy atom. The molecule has 3 aromatic heterocycles. The number of piperidine rings is 1. The molecular weight excluding hydrogens is 422 g/mol. The molecule has 10 nitrogen and oxygen atoms in total. The van der Waals surface area contributed by atoms with E-state index in [1.54, 1.807) is 28.1 Å². The van der Waals surface area contributed by atoms with E-state index in [2.05, 4.69) is 25.6 Å². The van der Waals surface area contributed by atoms with E-state index >= 15 is 0 Å². The molecule has 2 atom stereocenters. The number of carbonyl (C=O) groups excluding carboxylic acids is 2. The van der Waals surface area contributed by atoms with Crippen LogP contribution in [0, 0.1) is 0 Å². The zero-order valence-corrected chi connectivity index (χ0v) is 18.2. The molecule has 2 aliphatic heterocycles. The minimum atomic E-state index is -0.552. The number of nitrogens with zero attached hydrogens (tertiary/aromatic N) is 4. The number of nitrogens with one attached hydrogen (secondary N) is 3. The van der Waals surface area contributed by atoms with Gasteiger partial charge in [-0.25, -0.2) is 14.6 Å². The summed E-state index contributed by atoms with van der Waals surface area (Å²) in [6.45, 7) is 1.59. The van der Waals surface area contributed by atoms with E-state index < -0.39 is 6.04 Å². The maximum Gasteiger partial charge on any atom is 0.327 e. The molecule has 5 rings (SSSR count). The van der Waals surface area contributed by atoms with Crippen LogP contribution in [0.4, 0.5) is 4.79 Å². The molecule has 0 spiro atoms. The standard InChI is InChI=1S/C23H27N7O3/c31-21-18(4-3-16(14-26-21)15-5-10-24-11-6-15)27-22(32)29-12-7-17(8-13-29)30-19-2-1-9-25-20(19)28-23(30)33/h1-2,5-6,9-11,16-18H,3-4,7-8,12-14H2,(H,26,31)(H,27,32)(H,25,28,33)/t16-,18-/m1/s1. The predicted octanol–water partition coefficient (Wildman–Crippen LogP) is 1.53. The highest BCUT2D eigenvalue weighted by Gasteiger charge is 2.31. The minimum absolute atomic E-state index is 0.00167. The average molecular weight is 450 g/mol.